The topological polar surface area (TPSA) is 46.2 Å². The third-order valence-electron chi connectivity index (χ3n) is 1.16. The Morgan fingerprint density at radius 1 is 1.60 bits per heavy atom. The summed E-state index contributed by atoms with van der Waals surface area (Å²) in [6.45, 7) is 1.69. The molecule has 0 radical (unpaired) electrons. The maximum atomic E-state index is 11.7. The number of nitrogens with one attached hydrogen (secondary N) is 1. The second-order valence-electron chi connectivity index (χ2n) is 2.21. The van der Waals surface area contributed by atoms with Crippen LogP contribution in [0.5, 0.6) is 0 Å². The van der Waals surface area contributed by atoms with E-state index in [4.69, 9.17) is 0 Å². The van der Waals surface area contributed by atoms with Crippen LogP contribution in [0.2, 0.25) is 0 Å². The minimum Gasteiger partial charge on any atom is -0.316 e. The van der Waals surface area contributed by atoms with E-state index in [-0.39, 0.29) is 11.8 Å². The highest BCUT2D eigenvalue weighted by Gasteiger charge is 2.13. The highest BCUT2D eigenvalue weighted by Crippen LogP contribution is 1.93. The van der Waals surface area contributed by atoms with Crippen molar-refractivity contribution in [2.24, 2.45) is 0 Å². The molecule has 1 N–H and O–H groups in total. The van der Waals surface area contributed by atoms with E-state index in [1.807, 2.05) is 0 Å². The van der Waals surface area contributed by atoms with Gasteiger partial charge in [0, 0.05) is 6.04 Å². The summed E-state index contributed by atoms with van der Waals surface area (Å²) in [4.78, 5) is 0. The first kappa shape index (κ1) is 9.84. The van der Waals surface area contributed by atoms with Crippen molar-refractivity contribution < 1.29 is 12.8 Å². The van der Waals surface area contributed by atoms with Crippen LogP contribution in [0.25, 0.3) is 0 Å². The predicted molar refractivity (Wildman–Crippen MR) is 38.3 cm³/mol. The molecule has 0 heterocycles. The summed E-state index contributed by atoms with van der Waals surface area (Å²) < 4.78 is 32.8. The summed E-state index contributed by atoms with van der Waals surface area (Å²) in [5, 5.41) is 2.71. The Hall–Kier alpha value is -0.160. The molecule has 5 heteroatoms. The Kier molecular flexibility index (Phi) is 3.81. The lowest BCUT2D eigenvalue weighted by atomic mass is 10.4. The fourth-order valence-electron chi connectivity index (χ4n) is 0.509. The van der Waals surface area contributed by atoms with Crippen molar-refractivity contribution in [2.45, 2.75) is 13.0 Å². The molecular formula is C5H12FNO2S. The van der Waals surface area contributed by atoms with Gasteiger partial charge in [0.2, 0.25) is 0 Å². The van der Waals surface area contributed by atoms with Crippen molar-refractivity contribution in [3.63, 3.8) is 0 Å². The maximum Gasteiger partial charge on any atom is 0.190 e. The van der Waals surface area contributed by atoms with Crippen LogP contribution in [0.15, 0.2) is 0 Å². The quantitative estimate of drug-likeness (QED) is 0.641. The van der Waals surface area contributed by atoms with Crippen LogP contribution in [0.1, 0.15) is 6.92 Å². The minimum atomic E-state index is -3.46. The van der Waals surface area contributed by atoms with Gasteiger partial charge in [-0.15, -0.1) is 0 Å². The van der Waals surface area contributed by atoms with Gasteiger partial charge in [0.15, 0.2) is 15.8 Å². The van der Waals surface area contributed by atoms with Crippen molar-refractivity contribution in [3.8, 4) is 0 Å². The average Bonchev–Trinajstić information content (AvgIpc) is 1.87. The third-order valence-corrected chi connectivity index (χ3v) is 2.50. The Bertz CT molecular complexity index is 178. The largest absolute Gasteiger partial charge is 0.316 e. The van der Waals surface area contributed by atoms with Gasteiger partial charge in [0.25, 0.3) is 0 Å². The molecule has 0 bridgehead atoms. The molecule has 0 aliphatic rings. The molecule has 0 aromatic carbocycles. The molecule has 0 aromatic heterocycles. The summed E-state index contributed by atoms with van der Waals surface area (Å²) in [6.07, 6.45) is 0. The molecule has 0 spiro atoms. The Balaban J connectivity index is 3.90. The zero-order valence-electron chi connectivity index (χ0n) is 6.09. The molecular weight excluding hydrogens is 157 g/mol. The molecule has 1 unspecified atom stereocenters. The first-order valence-corrected chi connectivity index (χ1v) is 4.77. The molecule has 62 valence electrons. The predicted octanol–water partition coefficient (Wildman–Crippen LogP) is -0.0639. The van der Waals surface area contributed by atoms with E-state index < -0.39 is 15.8 Å². The van der Waals surface area contributed by atoms with Gasteiger partial charge in [-0.2, -0.15) is 0 Å². The normalized spacial score (nSPS) is 15.1. The highest BCUT2D eigenvalue weighted by atomic mass is 32.2. The van der Waals surface area contributed by atoms with Gasteiger partial charge in [-0.1, -0.05) is 0 Å². The SMILES string of the molecule is CNC(C)CS(=O)(=O)CF. The van der Waals surface area contributed by atoms with Crippen LogP contribution in [0.4, 0.5) is 4.39 Å². The van der Waals surface area contributed by atoms with Crippen molar-refractivity contribution in [3.05, 3.63) is 0 Å². The van der Waals surface area contributed by atoms with Crippen LogP contribution in [-0.2, 0) is 9.84 Å². The monoisotopic (exact) mass is 169 g/mol. The van der Waals surface area contributed by atoms with Crippen molar-refractivity contribution in [1.29, 1.82) is 0 Å². The number of halogens is 1. The number of alkyl halides is 1. The smallest absolute Gasteiger partial charge is 0.190 e. The van der Waals surface area contributed by atoms with E-state index >= 15 is 0 Å². The summed E-state index contributed by atoms with van der Waals surface area (Å²) in [5.74, 6) is -0.139. The van der Waals surface area contributed by atoms with E-state index in [9.17, 15) is 12.8 Å². The van der Waals surface area contributed by atoms with E-state index in [1.54, 1.807) is 14.0 Å². The number of hydrogen-bond donors (Lipinski definition) is 1. The maximum absolute atomic E-state index is 11.7. The molecule has 1 atom stereocenters. The lowest BCUT2D eigenvalue weighted by molar-refractivity contribution is 0.525. The van der Waals surface area contributed by atoms with Gasteiger partial charge in [-0.05, 0) is 14.0 Å². The van der Waals surface area contributed by atoms with Gasteiger partial charge in [-0.3, -0.25) is 0 Å². The van der Waals surface area contributed by atoms with Crippen LogP contribution in [-0.4, -0.2) is 33.3 Å². The third kappa shape index (κ3) is 3.79. The second-order valence-corrected chi connectivity index (χ2v) is 4.25. The van der Waals surface area contributed by atoms with E-state index in [0.29, 0.717) is 0 Å². The molecule has 0 saturated heterocycles. The molecule has 10 heavy (non-hydrogen) atoms. The number of rotatable bonds is 4. The molecule has 0 saturated carbocycles. The second kappa shape index (κ2) is 3.88. The number of sulfone groups is 1. The fourth-order valence-corrected chi connectivity index (χ4v) is 1.53. The molecule has 0 rings (SSSR count). The summed E-state index contributed by atoms with van der Waals surface area (Å²) in [5.41, 5.74) is 0. The van der Waals surface area contributed by atoms with Crippen molar-refractivity contribution in [1.82, 2.24) is 5.32 Å². The lowest BCUT2D eigenvalue weighted by Crippen LogP contribution is -2.30. The van der Waals surface area contributed by atoms with Gasteiger partial charge in [0.1, 0.15) is 0 Å². The van der Waals surface area contributed by atoms with Crippen LogP contribution in [0.3, 0.4) is 0 Å². The van der Waals surface area contributed by atoms with Gasteiger partial charge in [-0.25, -0.2) is 12.8 Å². The summed E-state index contributed by atoms with van der Waals surface area (Å²) in [6, 6.07) is -1.44. The Morgan fingerprint density at radius 3 is 2.40 bits per heavy atom. The number of hydrogen-bond acceptors (Lipinski definition) is 3. The molecule has 0 amide bonds. The zero-order valence-corrected chi connectivity index (χ0v) is 6.91. The van der Waals surface area contributed by atoms with Gasteiger partial charge < -0.3 is 5.32 Å². The standard InChI is InChI=1S/C5H12FNO2S/c1-5(7-2)3-10(8,9)4-6/h5,7H,3-4H2,1-2H3. The Morgan fingerprint density at radius 2 is 2.10 bits per heavy atom. The van der Waals surface area contributed by atoms with E-state index in [1.165, 1.54) is 0 Å². The van der Waals surface area contributed by atoms with Crippen molar-refractivity contribution in [2.75, 3.05) is 18.8 Å². The van der Waals surface area contributed by atoms with Gasteiger partial charge >= 0.3 is 0 Å². The molecule has 3 nitrogen and oxygen atoms in total. The average molecular weight is 169 g/mol. The van der Waals surface area contributed by atoms with E-state index in [2.05, 4.69) is 5.32 Å². The highest BCUT2D eigenvalue weighted by molar-refractivity contribution is 7.91. The first-order valence-electron chi connectivity index (χ1n) is 2.95. The van der Waals surface area contributed by atoms with Crippen LogP contribution < -0.4 is 5.32 Å². The zero-order chi connectivity index (χ0) is 8.20. The van der Waals surface area contributed by atoms with Crippen molar-refractivity contribution >= 4 is 9.84 Å². The van der Waals surface area contributed by atoms with Crippen LogP contribution >= 0.6 is 0 Å². The molecule has 0 aliphatic heterocycles. The van der Waals surface area contributed by atoms with Gasteiger partial charge in [0.05, 0.1) is 5.75 Å². The molecule has 0 aliphatic carbocycles. The molecule has 0 aromatic rings. The van der Waals surface area contributed by atoms with Crippen LogP contribution in [0, 0.1) is 0 Å². The summed E-state index contributed by atoms with van der Waals surface area (Å²) in [7, 11) is -1.82. The lowest BCUT2D eigenvalue weighted by Gasteiger charge is -2.07. The Labute approximate surface area is 60.5 Å². The minimum absolute atomic E-state index is 0.139. The molecule has 0 fully saturated rings. The summed E-state index contributed by atoms with van der Waals surface area (Å²) >= 11 is 0. The van der Waals surface area contributed by atoms with E-state index in [0.717, 1.165) is 0 Å². The fraction of sp³-hybridized carbons (Fsp3) is 1.00. The first-order chi connectivity index (χ1) is 4.52.